The van der Waals surface area contributed by atoms with Crippen molar-refractivity contribution in [2.45, 2.75) is 12.5 Å². The normalized spacial score (nSPS) is 14.5. The second-order valence-corrected chi connectivity index (χ2v) is 3.42. The van der Waals surface area contributed by atoms with E-state index in [1.807, 2.05) is 0 Å². The van der Waals surface area contributed by atoms with Crippen LogP contribution in [0.5, 0.6) is 0 Å². The third-order valence-electron chi connectivity index (χ3n) is 1.93. The lowest BCUT2D eigenvalue weighted by atomic mass is 10.1. The van der Waals surface area contributed by atoms with E-state index in [1.54, 1.807) is 19.1 Å². The number of benzene rings is 1. The van der Waals surface area contributed by atoms with Gasteiger partial charge in [0.1, 0.15) is 5.82 Å². The summed E-state index contributed by atoms with van der Waals surface area (Å²) in [5, 5.41) is 12.6. The van der Waals surface area contributed by atoms with Gasteiger partial charge in [-0.25, -0.2) is 4.39 Å². The zero-order chi connectivity index (χ0) is 10.6. The number of hydrogen-bond donors (Lipinski definition) is 2. The standard InChI is InChI=1S/C11H14FNO/c1-3-11(2,14)8-13-10-6-4-9(12)5-7-10/h3-7,13-14H,1,8H2,2H3. The monoisotopic (exact) mass is 195 g/mol. The highest BCUT2D eigenvalue weighted by Crippen LogP contribution is 2.11. The first-order valence-corrected chi connectivity index (χ1v) is 4.39. The number of hydrogen-bond acceptors (Lipinski definition) is 2. The molecule has 0 amide bonds. The molecule has 14 heavy (non-hydrogen) atoms. The Labute approximate surface area is 83.1 Å². The molecule has 1 rings (SSSR count). The van der Waals surface area contributed by atoms with Crippen LogP contribution in [0.25, 0.3) is 0 Å². The molecule has 0 aliphatic heterocycles. The number of rotatable bonds is 4. The maximum absolute atomic E-state index is 12.5. The Morgan fingerprint density at radius 1 is 1.50 bits per heavy atom. The molecule has 1 unspecified atom stereocenters. The van der Waals surface area contributed by atoms with Crippen molar-refractivity contribution in [2.75, 3.05) is 11.9 Å². The summed E-state index contributed by atoms with van der Waals surface area (Å²) in [6.45, 7) is 5.51. The van der Waals surface area contributed by atoms with Gasteiger partial charge in [0.25, 0.3) is 0 Å². The molecule has 0 saturated heterocycles. The summed E-state index contributed by atoms with van der Waals surface area (Å²) in [6.07, 6.45) is 1.46. The molecule has 0 heterocycles. The van der Waals surface area contributed by atoms with Gasteiger partial charge in [-0.2, -0.15) is 0 Å². The maximum Gasteiger partial charge on any atom is 0.123 e. The molecule has 3 heteroatoms. The molecule has 2 nitrogen and oxygen atoms in total. The van der Waals surface area contributed by atoms with Crippen molar-refractivity contribution in [3.63, 3.8) is 0 Å². The van der Waals surface area contributed by atoms with Crippen LogP contribution in [0, 0.1) is 5.82 Å². The molecule has 2 N–H and O–H groups in total. The minimum atomic E-state index is -0.950. The van der Waals surface area contributed by atoms with E-state index in [-0.39, 0.29) is 5.82 Å². The minimum Gasteiger partial charge on any atom is -0.384 e. The highest BCUT2D eigenvalue weighted by molar-refractivity contribution is 5.43. The van der Waals surface area contributed by atoms with Crippen molar-refractivity contribution in [3.8, 4) is 0 Å². The molecule has 0 aliphatic carbocycles. The molecule has 0 saturated carbocycles. The predicted octanol–water partition coefficient (Wildman–Crippen LogP) is 2.17. The molecule has 1 aromatic carbocycles. The molecule has 0 radical (unpaired) electrons. The van der Waals surface area contributed by atoms with Gasteiger partial charge in [0.2, 0.25) is 0 Å². The first kappa shape index (κ1) is 10.7. The van der Waals surface area contributed by atoms with Gasteiger partial charge in [-0.3, -0.25) is 0 Å². The molecular formula is C11H14FNO. The Morgan fingerprint density at radius 3 is 2.57 bits per heavy atom. The predicted molar refractivity (Wildman–Crippen MR) is 55.7 cm³/mol. The molecule has 1 aromatic rings. The van der Waals surface area contributed by atoms with Crippen LogP contribution in [0.2, 0.25) is 0 Å². The van der Waals surface area contributed by atoms with E-state index in [9.17, 15) is 9.50 Å². The molecule has 0 spiro atoms. The average Bonchev–Trinajstić information content (AvgIpc) is 2.17. The second-order valence-electron chi connectivity index (χ2n) is 3.42. The highest BCUT2D eigenvalue weighted by atomic mass is 19.1. The van der Waals surface area contributed by atoms with Gasteiger partial charge in [0.05, 0.1) is 5.60 Å². The van der Waals surface area contributed by atoms with Gasteiger partial charge in [-0.15, -0.1) is 6.58 Å². The van der Waals surface area contributed by atoms with Crippen LogP contribution in [0.15, 0.2) is 36.9 Å². The third-order valence-corrected chi connectivity index (χ3v) is 1.93. The van der Waals surface area contributed by atoms with Crippen LogP contribution >= 0.6 is 0 Å². The smallest absolute Gasteiger partial charge is 0.123 e. The second kappa shape index (κ2) is 4.24. The van der Waals surface area contributed by atoms with Crippen LogP contribution in [0.1, 0.15) is 6.92 Å². The van der Waals surface area contributed by atoms with Crippen LogP contribution in [0.3, 0.4) is 0 Å². The van der Waals surface area contributed by atoms with E-state index >= 15 is 0 Å². The molecule has 1 atom stereocenters. The quantitative estimate of drug-likeness (QED) is 0.722. The number of anilines is 1. The zero-order valence-electron chi connectivity index (χ0n) is 8.13. The molecule has 0 bridgehead atoms. The van der Waals surface area contributed by atoms with Gasteiger partial charge in [-0.05, 0) is 31.2 Å². The molecule has 0 fully saturated rings. The van der Waals surface area contributed by atoms with Crippen molar-refractivity contribution in [1.29, 1.82) is 0 Å². The fourth-order valence-electron chi connectivity index (χ4n) is 0.921. The fraction of sp³-hybridized carbons (Fsp3) is 0.273. The summed E-state index contributed by atoms with van der Waals surface area (Å²) in [4.78, 5) is 0. The van der Waals surface area contributed by atoms with Crippen LogP contribution < -0.4 is 5.32 Å². The van der Waals surface area contributed by atoms with Crippen molar-refractivity contribution < 1.29 is 9.50 Å². The largest absolute Gasteiger partial charge is 0.384 e. The maximum atomic E-state index is 12.5. The summed E-state index contributed by atoms with van der Waals surface area (Å²) in [5.41, 5.74) is -0.178. The Balaban J connectivity index is 2.54. The Morgan fingerprint density at radius 2 is 2.07 bits per heavy atom. The molecular weight excluding hydrogens is 181 g/mol. The number of halogens is 1. The van der Waals surface area contributed by atoms with Gasteiger partial charge in [0, 0.05) is 12.2 Å². The van der Waals surface area contributed by atoms with E-state index in [4.69, 9.17) is 0 Å². The number of aliphatic hydroxyl groups is 1. The minimum absolute atomic E-state index is 0.272. The zero-order valence-corrected chi connectivity index (χ0v) is 8.13. The van der Waals surface area contributed by atoms with E-state index in [2.05, 4.69) is 11.9 Å². The summed E-state index contributed by atoms with van der Waals surface area (Å²) in [6, 6.07) is 5.97. The third kappa shape index (κ3) is 3.18. The van der Waals surface area contributed by atoms with Gasteiger partial charge >= 0.3 is 0 Å². The lowest BCUT2D eigenvalue weighted by Gasteiger charge is -2.19. The average molecular weight is 195 g/mol. The Bertz CT molecular complexity index is 306. The topological polar surface area (TPSA) is 32.3 Å². The van der Waals surface area contributed by atoms with E-state index in [0.29, 0.717) is 6.54 Å². The van der Waals surface area contributed by atoms with Crippen LogP contribution in [0.4, 0.5) is 10.1 Å². The van der Waals surface area contributed by atoms with Gasteiger partial charge < -0.3 is 10.4 Å². The van der Waals surface area contributed by atoms with Crippen LogP contribution in [-0.2, 0) is 0 Å². The van der Waals surface area contributed by atoms with Gasteiger partial charge in [0.15, 0.2) is 0 Å². The van der Waals surface area contributed by atoms with E-state index in [1.165, 1.54) is 18.2 Å². The first-order chi connectivity index (χ1) is 6.53. The molecule has 0 aliphatic rings. The van der Waals surface area contributed by atoms with Crippen LogP contribution in [-0.4, -0.2) is 17.3 Å². The fourth-order valence-corrected chi connectivity index (χ4v) is 0.921. The Hall–Kier alpha value is -1.35. The number of nitrogens with one attached hydrogen (secondary N) is 1. The lowest BCUT2D eigenvalue weighted by Crippen LogP contribution is -2.30. The summed E-state index contributed by atoms with van der Waals surface area (Å²) in [5.74, 6) is -0.272. The van der Waals surface area contributed by atoms with Gasteiger partial charge in [-0.1, -0.05) is 6.08 Å². The summed E-state index contributed by atoms with van der Waals surface area (Å²) >= 11 is 0. The lowest BCUT2D eigenvalue weighted by molar-refractivity contribution is 0.126. The highest BCUT2D eigenvalue weighted by Gasteiger charge is 2.14. The van der Waals surface area contributed by atoms with E-state index in [0.717, 1.165) is 5.69 Å². The van der Waals surface area contributed by atoms with Crippen molar-refractivity contribution in [3.05, 3.63) is 42.7 Å². The van der Waals surface area contributed by atoms with Crippen molar-refractivity contribution in [1.82, 2.24) is 0 Å². The van der Waals surface area contributed by atoms with E-state index < -0.39 is 5.60 Å². The summed E-state index contributed by atoms with van der Waals surface area (Å²) < 4.78 is 12.5. The first-order valence-electron chi connectivity index (χ1n) is 4.39. The molecule has 76 valence electrons. The Kier molecular flexibility index (Phi) is 3.25. The van der Waals surface area contributed by atoms with Crippen molar-refractivity contribution >= 4 is 5.69 Å². The SMILES string of the molecule is C=CC(C)(O)CNc1ccc(F)cc1. The summed E-state index contributed by atoms with van der Waals surface area (Å²) in [7, 11) is 0. The molecule has 0 aromatic heterocycles. The van der Waals surface area contributed by atoms with Crippen molar-refractivity contribution in [2.24, 2.45) is 0 Å².